The molecule has 0 heterocycles. The minimum atomic E-state index is -1.21. The lowest BCUT2D eigenvalue weighted by atomic mass is 9.98. The smallest absolute Gasteiger partial charge is 0.326 e. The van der Waals surface area contributed by atoms with Crippen molar-refractivity contribution >= 4 is 46.7 Å². The Hall–Kier alpha value is -3.75. The van der Waals surface area contributed by atoms with Crippen LogP contribution in [-0.4, -0.2) is 43.2 Å². The van der Waals surface area contributed by atoms with E-state index in [1.165, 1.54) is 33.3 Å². The van der Waals surface area contributed by atoms with Gasteiger partial charge in [-0.05, 0) is 23.3 Å². The number of carbonyl (C=O) groups is 3. The molecule has 0 fully saturated rings. The van der Waals surface area contributed by atoms with Crippen molar-refractivity contribution in [2.24, 2.45) is 0 Å². The number of rotatable bonds is 9. The van der Waals surface area contributed by atoms with E-state index in [1.807, 2.05) is 0 Å². The van der Waals surface area contributed by atoms with Crippen LogP contribution >= 0.6 is 23.2 Å². The number of methoxy groups -OCH3 is 2. The molecule has 2 amide bonds. The minimum absolute atomic E-state index is 0.0179. The third-order valence-electron chi connectivity index (χ3n) is 5.30. The summed E-state index contributed by atoms with van der Waals surface area (Å²) in [5.41, 5.74) is 2.63. The van der Waals surface area contributed by atoms with Crippen molar-refractivity contribution in [1.29, 1.82) is 0 Å². The van der Waals surface area contributed by atoms with Crippen molar-refractivity contribution in [1.82, 2.24) is 5.32 Å². The molecule has 0 saturated carbocycles. The first-order chi connectivity index (χ1) is 17.1. The number of hydrogen-bond donors (Lipinski definition) is 3. The topological polar surface area (TPSA) is 114 Å². The Morgan fingerprint density at radius 3 is 1.97 bits per heavy atom. The Morgan fingerprint density at radius 1 is 0.944 bits per heavy atom. The third-order valence-corrected chi connectivity index (χ3v) is 5.93. The van der Waals surface area contributed by atoms with E-state index in [0.29, 0.717) is 28.3 Å². The number of amides is 2. The van der Waals surface area contributed by atoms with E-state index in [1.54, 1.807) is 42.5 Å². The van der Waals surface area contributed by atoms with Crippen molar-refractivity contribution in [3.05, 3.63) is 75.8 Å². The van der Waals surface area contributed by atoms with E-state index >= 15 is 0 Å². The van der Waals surface area contributed by atoms with Gasteiger partial charge in [-0.2, -0.15) is 0 Å². The molecule has 10 heteroatoms. The molecule has 0 aliphatic carbocycles. The number of carbonyl (C=O) groups excluding carboxylic acids is 2. The fraction of sp³-hybridized carbons (Fsp3) is 0.192. The molecule has 0 spiro atoms. The Morgan fingerprint density at radius 2 is 1.50 bits per heavy atom. The Kier molecular flexibility index (Phi) is 8.79. The standard InChI is InChI=1S/C26H24Cl2N2O6/c1-14(31)29-17-12-21(35-2)23(22(13-17)36-3)16-9-7-15(8-10-16)11-20(26(33)34)30-25(32)24-18(27)5-4-6-19(24)28/h4-10,12-13,20H,11H2,1-3H3,(H,29,31)(H,30,32)(H,33,34)/t20-/m0/s1. The highest BCUT2D eigenvalue weighted by Crippen LogP contribution is 2.41. The number of anilines is 1. The fourth-order valence-corrected chi connectivity index (χ4v) is 4.23. The Labute approximate surface area is 218 Å². The van der Waals surface area contributed by atoms with E-state index in [9.17, 15) is 19.5 Å². The van der Waals surface area contributed by atoms with Crippen molar-refractivity contribution < 1.29 is 29.0 Å². The molecular weight excluding hydrogens is 507 g/mol. The lowest BCUT2D eigenvalue weighted by molar-refractivity contribution is -0.139. The molecule has 0 saturated heterocycles. The average molecular weight is 531 g/mol. The summed E-state index contributed by atoms with van der Waals surface area (Å²) in [6.45, 7) is 1.40. The van der Waals surface area contributed by atoms with E-state index in [-0.39, 0.29) is 27.9 Å². The van der Waals surface area contributed by atoms with Gasteiger partial charge in [0.25, 0.3) is 5.91 Å². The highest BCUT2D eigenvalue weighted by molar-refractivity contribution is 6.39. The molecule has 0 aliphatic heterocycles. The van der Waals surface area contributed by atoms with Gasteiger partial charge < -0.3 is 25.2 Å². The molecule has 0 bridgehead atoms. The van der Waals surface area contributed by atoms with Crippen LogP contribution in [0.15, 0.2) is 54.6 Å². The SMILES string of the molecule is COc1cc(NC(C)=O)cc(OC)c1-c1ccc(C[C@H](NC(=O)c2c(Cl)cccc2Cl)C(=O)O)cc1. The third kappa shape index (κ3) is 6.27. The summed E-state index contributed by atoms with van der Waals surface area (Å²) in [4.78, 5) is 36.0. The molecule has 8 nitrogen and oxygen atoms in total. The number of ether oxygens (including phenoxy) is 2. The normalized spacial score (nSPS) is 11.4. The second-order valence-corrected chi connectivity index (χ2v) is 8.61. The monoisotopic (exact) mass is 530 g/mol. The quantitative estimate of drug-likeness (QED) is 0.356. The number of carboxylic acid groups (broad SMARTS) is 1. The first kappa shape index (κ1) is 26.8. The number of benzene rings is 3. The summed E-state index contributed by atoms with van der Waals surface area (Å²) in [5, 5.41) is 15.1. The van der Waals surface area contributed by atoms with Gasteiger partial charge in [0.1, 0.15) is 17.5 Å². The van der Waals surface area contributed by atoms with E-state index in [4.69, 9.17) is 32.7 Å². The van der Waals surface area contributed by atoms with Crippen molar-refractivity contribution in [3.8, 4) is 22.6 Å². The van der Waals surface area contributed by atoms with Crippen LogP contribution in [0.5, 0.6) is 11.5 Å². The van der Waals surface area contributed by atoms with Gasteiger partial charge in [-0.1, -0.05) is 53.5 Å². The Balaban J connectivity index is 1.85. The zero-order valence-electron chi connectivity index (χ0n) is 19.7. The maximum atomic E-state index is 12.7. The van der Waals surface area contributed by atoms with Crippen LogP contribution in [0.2, 0.25) is 10.0 Å². The summed E-state index contributed by atoms with van der Waals surface area (Å²) in [7, 11) is 3.02. The molecule has 36 heavy (non-hydrogen) atoms. The van der Waals surface area contributed by atoms with Crippen LogP contribution in [0, 0.1) is 0 Å². The van der Waals surface area contributed by atoms with Gasteiger partial charge in [-0.3, -0.25) is 9.59 Å². The summed E-state index contributed by atoms with van der Waals surface area (Å²) in [6, 6.07) is 13.8. The minimum Gasteiger partial charge on any atom is -0.496 e. The van der Waals surface area contributed by atoms with Gasteiger partial charge in [0.2, 0.25) is 5.91 Å². The molecule has 3 aromatic carbocycles. The maximum absolute atomic E-state index is 12.7. The average Bonchev–Trinajstić information content (AvgIpc) is 2.83. The zero-order chi connectivity index (χ0) is 26.4. The molecule has 3 rings (SSSR count). The highest BCUT2D eigenvalue weighted by atomic mass is 35.5. The number of hydrogen-bond acceptors (Lipinski definition) is 5. The molecule has 0 aliphatic rings. The van der Waals surface area contributed by atoms with E-state index in [2.05, 4.69) is 10.6 Å². The molecule has 0 radical (unpaired) electrons. The predicted octanol–water partition coefficient (Wildman–Crippen LogP) is 5.06. The van der Waals surface area contributed by atoms with Crippen molar-refractivity contribution in [3.63, 3.8) is 0 Å². The lowest BCUT2D eigenvalue weighted by Crippen LogP contribution is -2.42. The fourth-order valence-electron chi connectivity index (χ4n) is 3.66. The van der Waals surface area contributed by atoms with Crippen LogP contribution in [0.25, 0.3) is 11.1 Å². The van der Waals surface area contributed by atoms with E-state index in [0.717, 1.165) is 5.56 Å². The van der Waals surface area contributed by atoms with Gasteiger partial charge in [-0.25, -0.2) is 4.79 Å². The van der Waals surface area contributed by atoms with Gasteiger partial charge in [0.05, 0.1) is 35.4 Å². The van der Waals surface area contributed by atoms with Gasteiger partial charge in [-0.15, -0.1) is 0 Å². The second kappa shape index (κ2) is 11.8. The van der Waals surface area contributed by atoms with Crippen molar-refractivity contribution in [2.75, 3.05) is 19.5 Å². The zero-order valence-corrected chi connectivity index (χ0v) is 21.2. The first-order valence-electron chi connectivity index (χ1n) is 10.7. The maximum Gasteiger partial charge on any atom is 0.326 e. The molecule has 0 unspecified atom stereocenters. The number of aliphatic carboxylic acids is 1. The van der Waals surface area contributed by atoms with Crippen LogP contribution in [0.3, 0.4) is 0 Å². The number of carboxylic acids is 1. The largest absolute Gasteiger partial charge is 0.496 e. The van der Waals surface area contributed by atoms with Crippen LogP contribution in [-0.2, 0) is 16.0 Å². The summed E-state index contributed by atoms with van der Waals surface area (Å²) < 4.78 is 11.0. The summed E-state index contributed by atoms with van der Waals surface area (Å²) in [6.07, 6.45) is 0.0269. The summed E-state index contributed by atoms with van der Waals surface area (Å²) in [5.74, 6) is -1.14. The van der Waals surface area contributed by atoms with Crippen LogP contribution in [0.1, 0.15) is 22.8 Å². The Bertz CT molecular complexity index is 1250. The molecule has 3 N–H and O–H groups in total. The van der Waals surface area contributed by atoms with Crippen molar-refractivity contribution in [2.45, 2.75) is 19.4 Å². The number of halogens is 2. The van der Waals surface area contributed by atoms with E-state index < -0.39 is 17.9 Å². The number of nitrogens with one attached hydrogen (secondary N) is 2. The molecule has 0 aromatic heterocycles. The molecule has 1 atom stereocenters. The summed E-state index contributed by atoms with van der Waals surface area (Å²) >= 11 is 12.1. The van der Waals surface area contributed by atoms with Crippen LogP contribution in [0.4, 0.5) is 5.69 Å². The molecule has 3 aromatic rings. The van der Waals surface area contributed by atoms with Crippen LogP contribution < -0.4 is 20.1 Å². The van der Waals surface area contributed by atoms with Gasteiger partial charge in [0, 0.05) is 31.2 Å². The van der Waals surface area contributed by atoms with Gasteiger partial charge in [0.15, 0.2) is 0 Å². The molecular formula is C26H24Cl2N2O6. The lowest BCUT2D eigenvalue weighted by Gasteiger charge is -2.17. The molecule has 188 valence electrons. The van der Waals surface area contributed by atoms with Gasteiger partial charge >= 0.3 is 5.97 Å². The second-order valence-electron chi connectivity index (χ2n) is 7.80. The first-order valence-corrected chi connectivity index (χ1v) is 11.5. The highest BCUT2D eigenvalue weighted by Gasteiger charge is 2.24. The predicted molar refractivity (Wildman–Crippen MR) is 138 cm³/mol.